The van der Waals surface area contributed by atoms with Crippen molar-refractivity contribution in [2.75, 3.05) is 11.9 Å². The molecule has 0 aliphatic carbocycles. The number of hydrogen-bond donors (Lipinski definition) is 1. The quantitative estimate of drug-likeness (QED) is 0.796. The fourth-order valence-electron chi connectivity index (χ4n) is 2.99. The lowest BCUT2D eigenvalue weighted by Crippen LogP contribution is -2.14. The molecule has 0 amide bonds. The Morgan fingerprint density at radius 3 is 2.67 bits per heavy atom. The summed E-state index contributed by atoms with van der Waals surface area (Å²) in [5.41, 5.74) is 4.61. The summed E-state index contributed by atoms with van der Waals surface area (Å²) in [4.78, 5) is 0. The van der Waals surface area contributed by atoms with Gasteiger partial charge >= 0.3 is 0 Å². The summed E-state index contributed by atoms with van der Waals surface area (Å²) in [5, 5.41) is 3.57. The van der Waals surface area contributed by atoms with Crippen LogP contribution >= 0.6 is 0 Å². The van der Waals surface area contributed by atoms with Crippen molar-refractivity contribution in [3.63, 3.8) is 0 Å². The van der Waals surface area contributed by atoms with Crippen LogP contribution in [0.25, 0.3) is 0 Å². The van der Waals surface area contributed by atoms with Gasteiger partial charge in [-0.05, 0) is 28.5 Å². The fourth-order valence-corrected chi connectivity index (χ4v) is 2.99. The first-order valence-corrected chi connectivity index (χ1v) is 7.31. The van der Waals surface area contributed by atoms with Crippen LogP contribution in [0.5, 0.6) is 0 Å². The molecule has 1 aromatic carbocycles. The van der Waals surface area contributed by atoms with Crippen molar-refractivity contribution in [2.24, 2.45) is 5.92 Å². The van der Waals surface area contributed by atoms with E-state index in [1.807, 2.05) is 0 Å². The second-order valence-corrected chi connectivity index (χ2v) is 6.81. The number of anilines is 1. The van der Waals surface area contributed by atoms with Gasteiger partial charge in [-0.3, -0.25) is 0 Å². The number of nitrogens with one attached hydrogen (secondary N) is 1. The van der Waals surface area contributed by atoms with Crippen molar-refractivity contribution in [1.82, 2.24) is 0 Å². The van der Waals surface area contributed by atoms with E-state index in [2.05, 4.69) is 58.1 Å². The van der Waals surface area contributed by atoms with Crippen molar-refractivity contribution in [2.45, 2.75) is 58.8 Å². The highest BCUT2D eigenvalue weighted by molar-refractivity contribution is 5.59. The van der Waals surface area contributed by atoms with Crippen molar-refractivity contribution in [3.8, 4) is 0 Å². The minimum absolute atomic E-state index is 0.246. The SMILES string of the molecule is CCCC(C)C1CNc2ccc(C(C)(C)C)cc21. The number of rotatable bonds is 3. The summed E-state index contributed by atoms with van der Waals surface area (Å²) in [6, 6.07) is 6.99. The topological polar surface area (TPSA) is 12.0 Å². The molecule has 1 aliphatic rings. The van der Waals surface area contributed by atoms with Gasteiger partial charge < -0.3 is 5.32 Å². The molecule has 0 fully saturated rings. The van der Waals surface area contributed by atoms with E-state index in [0.717, 1.165) is 12.5 Å². The molecule has 0 saturated heterocycles. The van der Waals surface area contributed by atoms with E-state index < -0.39 is 0 Å². The van der Waals surface area contributed by atoms with Crippen molar-refractivity contribution in [1.29, 1.82) is 0 Å². The Hall–Kier alpha value is -0.980. The van der Waals surface area contributed by atoms with Crippen LogP contribution in [0.15, 0.2) is 18.2 Å². The first kappa shape index (κ1) is 13.5. The molecule has 0 saturated carbocycles. The van der Waals surface area contributed by atoms with Crippen LogP contribution in [0.1, 0.15) is 64.5 Å². The maximum Gasteiger partial charge on any atom is 0.0376 e. The van der Waals surface area contributed by atoms with Gasteiger partial charge in [0.1, 0.15) is 0 Å². The van der Waals surface area contributed by atoms with Crippen LogP contribution < -0.4 is 5.32 Å². The molecule has 0 aromatic heterocycles. The maximum atomic E-state index is 3.57. The van der Waals surface area contributed by atoms with E-state index in [4.69, 9.17) is 0 Å². The summed E-state index contributed by atoms with van der Waals surface area (Å²) in [7, 11) is 0. The summed E-state index contributed by atoms with van der Waals surface area (Å²) >= 11 is 0. The predicted molar refractivity (Wildman–Crippen MR) is 80.4 cm³/mol. The van der Waals surface area contributed by atoms with E-state index in [9.17, 15) is 0 Å². The molecule has 1 N–H and O–H groups in total. The highest BCUT2D eigenvalue weighted by Crippen LogP contribution is 2.40. The van der Waals surface area contributed by atoms with Gasteiger partial charge in [-0.2, -0.15) is 0 Å². The molecule has 0 bridgehead atoms. The van der Waals surface area contributed by atoms with Crippen LogP contribution in [0.3, 0.4) is 0 Å². The minimum Gasteiger partial charge on any atom is -0.384 e. The first-order chi connectivity index (χ1) is 8.43. The lowest BCUT2D eigenvalue weighted by molar-refractivity contribution is 0.446. The zero-order valence-electron chi connectivity index (χ0n) is 12.5. The molecule has 1 nitrogen and oxygen atoms in total. The zero-order valence-corrected chi connectivity index (χ0v) is 12.5. The molecule has 1 heterocycles. The fraction of sp³-hybridized carbons (Fsp3) is 0.647. The monoisotopic (exact) mass is 245 g/mol. The molecular weight excluding hydrogens is 218 g/mol. The standard InChI is InChI=1S/C17H27N/c1-6-7-12(2)15-11-18-16-9-8-13(10-14(15)16)17(3,4)5/h8-10,12,15,18H,6-7,11H2,1-5H3. The number of benzene rings is 1. The average Bonchev–Trinajstić information content (AvgIpc) is 2.70. The van der Waals surface area contributed by atoms with Gasteiger partial charge in [0.15, 0.2) is 0 Å². The van der Waals surface area contributed by atoms with Gasteiger partial charge in [0.25, 0.3) is 0 Å². The van der Waals surface area contributed by atoms with Crippen molar-refractivity contribution < 1.29 is 0 Å². The molecule has 1 aliphatic heterocycles. The third-order valence-corrected chi connectivity index (χ3v) is 4.26. The van der Waals surface area contributed by atoms with Crippen LogP contribution in [-0.2, 0) is 5.41 Å². The third kappa shape index (κ3) is 2.55. The maximum absolute atomic E-state index is 3.57. The Morgan fingerprint density at radius 2 is 2.06 bits per heavy atom. The van der Waals surface area contributed by atoms with E-state index in [0.29, 0.717) is 5.92 Å². The van der Waals surface area contributed by atoms with Gasteiger partial charge in [0, 0.05) is 18.2 Å². The van der Waals surface area contributed by atoms with Gasteiger partial charge in [-0.25, -0.2) is 0 Å². The van der Waals surface area contributed by atoms with E-state index in [1.165, 1.54) is 24.1 Å². The molecular formula is C17H27N. The second kappa shape index (κ2) is 4.95. The van der Waals surface area contributed by atoms with Crippen LogP contribution in [-0.4, -0.2) is 6.54 Å². The van der Waals surface area contributed by atoms with Crippen molar-refractivity contribution in [3.05, 3.63) is 29.3 Å². The zero-order chi connectivity index (χ0) is 13.3. The first-order valence-electron chi connectivity index (χ1n) is 7.31. The summed E-state index contributed by atoms with van der Waals surface area (Å²) in [6.45, 7) is 12.7. The van der Waals surface area contributed by atoms with Gasteiger partial charge in [-0.15, -0.1) is 0 Å². The molecule has 1 heteroatoms. The van der Waals surface area contributed by atoms with Crippen LogP contribution in [0.4, 0.5) is 5.69 Å². The van der Waals surface area contributed by atoms with Gasteiger partial charge in [0.05, 0.1) is 0 Å². The minimum atomic E-state index is 0.246. The van der Waals surface area contributed by atoms with Crippen LogP contribution in [0, 0.1) is 5.92 Å². The van der Waals surface area contributed by atoms with E-state index in [1.54, 1.807) is 5.56 Å². The molecule has 18 heavy (non-hydrogen) atoms. The van der Waals surface area contributed by atoms with Crippen LogP contribution in [0.2, 0.25) is 0 Å². The summed E-state index contributed by atoms with van der Waals surface area (Å²) < 4.78 is 0. The van der Waals surface area contributed by atoms with E-state index in [-0.39, 0.29) is 5.41 Å². The Morgan fingerprint density at radius 1 is 1.33 bits per heavy atom. The predicted octanol–water partition coefficient (Wildman–Crippen LogP) is 4.93. The second-order valence-electron chi connectivity index (χ2n) is 6.81. The normalized spacial score (nSPS) is 20.4. The molecule has 1 aromatic rings. The highest BCUT2D eigenvalue weighted by Gasteiger charge is 2.28. The molecule has 2 unspecified atom stereocenters. The largest absolute Gasteiger partial charge is 0.384 e. The number of fused-ring (bicyclic) bond motifs is 1. The molecule has 0 spiro atoms. The molecule has 100 valence electrons. The Kier molecular flexibility index (Phi) is 3.70. The van der Waals surface area contributed by atoms with Gasteiger partial charge in [-0.1, -0.05) is 59.6 Å². The summed E-state index contributed by atoms with van der Waals surface area (Å²) in [5.74, 6) is 1.47. The molecule has 2 rings (SSSR count). The number of hydrogen-bond acceptors (Lipinski definition) is 1. The third-order valence-electron chi connectivity index (χ3n) is 4.26. The lowest BCUT2D eigenvalue weighted by atomic mass is 9.81. The van der Waals surface area contributed by atoms with E-state index >= 15 is 0 Å². The van der Waals surface area contributed by atoms with Crippen molar-refractivity contribution >= 4 is 5.69 Å². The smallest absolute Gasteiger partial charge is 0.0376 e. The van der Waals surface area contributed by atoms with Gasteiger partial charge in [0.2, 0.25) is 0 Å². The Bertz CT molecular complexity index is 414. The summed E-state index contributed by atoms with van der Waals surface area (Å²) in [6.07, 6.45) is 2.61. The Balaban J connectivity index is 2.30. The average molecular weight is 245 g/mol. The lowest BCUT2D eigenvalue weighted by Gasteiger charge is -2.23. The highest BCUT2D eigenvalue weighted by atomic mass is 14.9. The molecule has 0 radical (unpaired) electrons. The molecule has 2 atom stereocenters. The Labute approximate surface area is 112 Å².